The van der Waals surface area contributed by atoms with Crippen molar-refractivity contribution in [3.63, 3.8) is 0 Å². The molecule has 2 atom stereocenters. The SMILES string of the molecule is CCCCOc1ccc(S(=O)(=O)N2CC(C)OC(C)C2)c2ccccc12. The second kappa shape index (κ2) is 7.94. The number of unbranched alkanes of at least 4 members (excludes halogenated alkanes) is 1. The molecule has 2 unspecified atom stereocenters. The molecule has 0 aromatic heterocycles. The molecule has 0 aliphatic carbocycles. The molecule has 142 valence electrons. The molecule has 1 fully saturated rings. The van der Waals surface area contributed by atoms with E-state index in [1.54, 1.807) is 12.1 Å². The van der Waals surface area contributed by atoms with Gasteiger partial charge in [0.05, 0.1) is 23.7 Å². The van der Waals surface area contributed by atoms with Crippen LogP contribution in [0.1, 0.15) is 33.6 Å². The quantitative estimate of drug-likeness (QED) is 0.718. The standard InChI is InChI=1S/C20H27NO4S/c1-4-5-12-24-19-10-11-20(18-9-7-6-8-17(18)19)26(22,23)21-13-15(2)25-16(3)14-21/h6-11,15-16H,4-5,12-14H2,1-3H3. The minimum Gasteiger partial charge on any atom is -0.493 e. The Morgan fingerprint density at radius 3 is 2.38 bits per heavy atom. The van der Waals surface area contributed by atoms with Crippen LogP contribution in [0, 0.1) is 0 Å². The molecule has 2 aromatic carbocycles. The van der Waals surface area contributed by atoms with Crippen LogP contribution in [0.25, 0.3) is 10.8 Å². The van der Waals surface area contributed by atoms with Crippen molar-refractivity contribution in [1.29, 1.82) is 0 Å². The van der Waals surface area contributed by atoms with Gasteiger partial charge in [-0.25, -0.2) is 8.42 Å². The summed E-state index contributed by atoms with van der Waals surface area (Å²) in [6, 6.07) is 11.0. The number of rotatable bonds is 6. The molecule has 3 rings (SSSR count). The van der Waals surface area contributed by atoms with E-state index >= 15 is 0 Å². The number of morpholine rings is 1. The maximum Gasteiger partial charge on any atom is 0.243 e. The molecule has 1 aliphatic heterocycles. The Hall–Kier alpha value is -1.63. The topological polar surface area (TPSA) is 55.8 Å². The molecule has 26 heavy (non-hydrogen) atoms. The van der Waals surface area contributed by atoms with E-state index in [2.05, 4.69) is 6.92 Å². The maximum atomic E-state index is 13.3. The van der Waals surface area contributed by atoms with Gasteiger partial charge in [0.1, 0.15) is 5.75 Å². The van der Waals surface area contributed by atoms with E-state index in [-0.39, 0.29) is 12.2 Å². The fraction of sp³-hybridized carbons (Fsp3) is 0.500. The molecule has 2 aromatic rings. The molecular formula is C20H27NO4S. The highest BCUT2D eigenvalue weighted by molar-refractivity contribution is 7.89. The Morgan fingerprint density at radius 2 is 1.73 bits per heavy atom. The highest BCUT2D eigenvalue weighted by Crippen LogP contribution is 2.33. The zero-order valence-corrected chi connectivity index (χ0v) is 16.5. The predicted octanol–water partition coefficient (Wildman–Crippen LogP) is 3.82. The number of benzene rings is 2. The summed E-state index contributed by atoms with van der Waals surface area (Å²) >= 11 is 0. The highest BCUT2D eigenvalue weighted by Gasteiger charge is 2.33. The highest BCUT2D eigenvalue weighted by atomic mass is 32.2. The van der Waals surface area contributed by atoms with Crippen LogP contribution >= 0.6 is 0 Å². The van der Waals surface area contributed by atoms with E-state index in [1.807, 2.05) is 38.1 Å². The third-order valence-corrected chi connectivity index (χ3v) is 6.49. The van der Waals surface area contributed by atoms with Gasteiger partial charge in [0.25, 0.3) is 0 Å². The van der Waals surface area contributed by atoms with Crippen LogP contribution in [0.2, 0.25) is 0 Å². The molecule has 0 radical (unpaired) electrons. The fourth-order valence-electron chi connectivity index (χ4n) is 3.39. The fourth-order valence-corrected chi connectivity index (χ4v) is 5.17. The number of hydrogen-bond donors (Lipinski definition) is 0. The number of hydrogen-bond acceptors (Lipinski definition) is 4. The lowest BCUT2D eigenvalue weighted by Crippen LogP contribution is -2.48. The summed E-state index contributed by atoms with van der Waals surface area (Å²) in [6.07, 6.45) is 1.79. The minimum atomic E-state index is -3.60. The zero-order valence-electron chi connectivity index (χ0n) is 15.6. The van der Waals surface area contributed by atoms with Gasteiger partial charge in [-0.3, -0.25) is 0 Å². The van der Waals surface area contributed by atoms with Crippen molar-refractivity contribution in [2.24, 2.45) is 0 Å². The first-order valence-corrected chi connectivity index (χ1v) is 10.7. The average molecular weight is 378 g/mol. The number of sulfonamides is 1. The lowest BCUT2D eigenvalue weighted by Gasteiger charge is -2.34. The van der Waals surface area contributed by atoms with Crippen LogP contribution in [-0.4, -0.2) is 44.6 Å². The summed E-state index contributed by atoms with van der Waals surface area (Å²) in [4.78, 5) is 0.331. The third-order valence-electron chi connectivity index (χ3n) is 4.60. The second-order valence-electron chi connectivity index (χ2n) is 6.89. The van der Waals surface area contributed by atoms with Gasteiger partial charge < -0.3 is 9.47 Å². The molecule has 6 heteroatoms. The van der Waals surface area contributed by atoms with Crippen LogP contribution in [0.4, 0.5) is 0 Å². The van der Waals surface area contributed by atoms with Crippen LogP contribution in [0.15, 0.2) is 41.3 Å². The van der Waals surface area contributed by atoms with E-state index in [0.29, 0.717) is 30.0 Å². The third kappa shape index (κ3) is 3.87. The summed E-state index contributed by atoms with van der Waals surface area (Å²) in [5.74, 6) is 0.733. The van der Waals surface area contributed by atoms with Crippen LogP contribution in [0.3, 0.4) is 0 Å². The van der Waals surface area contributed by atoms with Gasteiger partial charge >= 0.3 is 0 Å². The van der Waals surface area contributed by atoms with Crippen molar-refractivity contribution >= 4 is 20.8 Å². The number of fused-ring (bicyclic) bond motifs is 1. The van der Waals surface area contributed by atoms with Gasteiger partial charge in [0.2, 0.25) is 10.0 Å². The molecule has 1 aliphatic rings. The molecule has 5 nitrogen and oxygen atoms in total. The predicted molar refractivity (Wildman–Crippen MR) is 103 cm³/mol. The van der Waals surface area contributed by atoms with E-state index < -0.39 is 10.0 Å². The Labute approximate surface area is 156 Å². The summed E-state index contributed by atoms with van der Waals surface area (Å²) in [7, 11) is -3.60. The summed E-state index contributed by atoms with van der Waals surface area (Å²) in [6.45, 7) is 7.29. The molecule has 0 saturated carbocycles. The molecule has 0 N–H and O–H groups in total. The first kappa shape index (κ1) is 19.1. The first-order valence-electron chi connectivity index (χ1n) is 9.23. The molecule has 0 spiro atoms. The summed E-state index contributed by atoms with van der Waals surface area (Å²) < 4.78 is 39.7. The largest absolute Gasteiger partial charge is 0.493 e. The van der Waals surface area contributed by atoms with Crippen molar-refractivity contribution in [1.82, 2.24) is 4.31 Å². The van der Waals surface area contributed by atoms with Crippen molar-refractivity contribution in [2.45, 2.75) is 50.7 Å². The minimum absolute atomic E-state index is 0.114. The van der Waals surface area contributed by atoms with Crippen LogP contribution in [-0.2, 0) is 14.8 Å². The normalized spacial score (nSPS) is 21.8. The number of ether oxygens (including phenoxy) is 2. The van der Waals surface area contributed by atoms with Gasteiger partial charge in [0, 0.05) is 23.9 Å². The van der Waals surface area contributed by atoms with E-state index in [0.717, 1.165) is 24.0 Å². The molecule has 1 saturated heterocycles. The van der Waals surface area contributed by atoms with E-state index in [4.69, 9.17) is 9.47 Å². The smallest absolute Gasteiger partial charge is 0.243 e. The lowest BCUT2D eigenvalue weighted by molar-refractivity contribution is -0.0440. The second-order valence-corrected chi connectivity index (χ2v) is 8.80. The molecular weight excluding hydrogens is 350 g/mol. The monoisotopic (exact) mass is 377 g/mol. The Morgan fingerprint density at radius 1 is 1.08 bits per heavy atom. The van der Waals surface area contributed by atoms with Gasteiger partial charge in [0.15, 0.2) is 0 Å². The van der Waals surface area contributed by atoms with Crippen LogP contribution < -0.4 is 4.74 Å². The Bertz CT molecular complexity index is 855. The summed E-state index contributed by atoms with van der Waals surface area (Å²) in [5, 5.41) is 1.53. The van der Waals surface area contributed by atoms with E-state index in [9.17, 15) is 8.42 Å². The van der Waals surface area contributed by atoms with Gasteiger partial charge in [-0.2, -0.15) is 4.31 Å². The van der Waals surface area contributed by atoms with Crippen molar-refractivity contribution in [3.05, 3.63) is 36.4 Å². The zero-order chi connectivity index (χ0) is 18.7. The molecule has 0 bridgehead atoms. The molecule has 0 amide bonds. The number of nitrogens with zero attached hydrogens (tertiary/aromatic N) is 1. The average Bonchev–Trinajstić information content (AvgIpc) is 2.61. The Kier molecular flexibility index (Phi) is 5.85. The van der Waals surface area contributed by atoms with Gasteiger partial charge in [-0.15, -0.1) is 0 Å². The first-order chi connectivity index (χ1) is 12.4. The summed E-state index contributed by atoms with van der Waals surface area (Å²) in [5.41, 5.74) is 0. The van der Waals surface area contributed by atoms with E-state index in [1.165, 1.54) is 4.31 Å². The maximum absolute atomic E-state index is 13.3. The van der Waals surface area contributed by atoms with Crippen LogP contribution in [0.5, 0.6) is 5.75 Å². The van der Waals surface area contributed by atoms with Gasteiger partial charge in [-0.05, 0) is 32.4 Å². The van der Waals surface area contributed by atoms with Crippen molar-refractivity contribution < 1.29 is 17.9 Å². The van der Waals surface area contributed by atoms with Crippen molar-refractivity contribution in [2.75, 3.05) is 19.7 Å². The lowest BCUT2D eigenvalue weighted by atomic mass is 10.1. The molecule has 1 heterocycles. The Balaban J connectivity index is 2.01. The van der Waals surface area contributed by atoms with Crippen molar-refractivity contribution in [3.8, 4) is 5.75 Å². The van der Waals surface area contributed by atoms with Gasteiger partial charge in [-0.1, -0.05) is 37.6 Å².